The Hall–Kier alpha value is -3.71. The number of halogens is 1. The molecule has 0 fully saturated rings. The third-order valence-corrected chi connectivity index (χ3v) is 5.98. The van der Waals surface area contributed by atoms with Crippen LogP contribution in [0, 0.1) is 0 Å². The van der Waals surface area contributed by atoms with E-state index >= 15 is 0 Å². The number of H-pyrrole nitrogens is 1. The molecule has 6 nitrogen and oxygen atoms in total. The lowest BCUT2D eigenvalue weighted by atomic mass is 10.0. The van der Waals surface area contributed by atoms with Gasteiger partial charge in [-0.3, -0.25) is 9.67 Å². The van der Waals surface area contributed by atoms with Crippen molar-refractivity contribution in [1.29, 1.82) is 0 Å². The molecule has 0 atom stereocenters. The van der Waals surface area contributed by atoms with Gasteiger partial charge in [0.05, 0.1) is 25.3 Å². The van der Waals surface area contributed by atoms with E-state index in [2.05, 4.69) is 26.1 Å². The van der Waals surface area contributed by atoms with E-state index in [0.29, 0.717) is 5.52 Å². The summed E-state index contributed by atoms with van der Waals surface area (Å²) >= 11 is 3.49. The Kier molecular flexibility index (Phi) is 5.11. The number of fused-ring (bicyclic) bond motifs is 1. The third kappa shape index (κ3) is 3.31. The molecule has 0 aliphatic rings. The minimum absolute atomic E-state index is 0.0902. The van der Waals surface area contributed by atoms with Gasteiger partial charge in [0.25, 0.3) is 0 Å². The first-order chi connectivity index (χ1) is 15.6. The Bertz CT molecular complexity index is 1400. The number of aromatic hydroxyl groups is 1. The fraction of sp³-hybridized carbons (Fsp3) is 0.0800. The molecular weight excluding hydrogens is 470 g/mol. The van der Waals surface area contributed by atoms with Crippen LogP contribution in [0.5, 0.6) is 17.4 Å². The van der Waals surface area contributed by atoms with Crippen LogP contribution in [0.15, 0.2) is 77.3 Å². The van der Waals surface area contributed by atoms with E-state index in [1.165, 1.54) is 0 Å². The lowest BCUT2D eigenvalue weighted by molar-refractivity contribution is 0.415. The van der Waals surface area contributed by atoms with Crippen LogP contribution < -0.4 is 9.47 Å². The number of hydrogen-bond acceptors (Lipinski definition) is 4. The Morgan fingerprint density at radius 3 is 2.28 bits per heavy atom. The fourth-order valence-electron chi connectivity index (χ4n) is 3.91. The molecule has 160 valence electrons. The summed E-state index contributed by atoms with van der Waals surface area (Å²) in [5.41, 5.74) is 4.76. The van der Waals surface area contributed by atoms with Crippen LogP contribution in [0.2, 0.25) is 0 Å². The first-order valence-corrected chi connectivity index (χ1v) is 10.8. The molecule has 5 aromatic rings. The van der Waals surface area contributed by atoms with Gasteiger partial charge >= 0.3 is 0 Å². The molecule has 0 aliphatic heterocycles. The number of benzene rings is 3. The van der Waals surface area contributed by atoms with Gasteiger partial charge in [-0.25, -0.2) is 0 Å². The summed E-state index contributed by atoms with van der Waals surface area (Å²) in [6.45, 7) is 0. The quantitative estimate of drug-likeness (QED) is 0.309. The largest absolute Gasteiger partial charge is 0.497 e. The highest BCUT2D eigenvalue weighted by molar-refractivity contribution is 9.10. The number of rotatable bonds is 5. The molecule has 0 aliphatic carbocycles. The van der Waals surface area contributed by atoms with Gasteiger partial charge in [0, 0.05) is 21.3 Å². The molecule has 7 heteroatoms. The maximum Gasteiger partial charge on any atom is 0.222 e. The second kappa shape index (κ2) is 8.09. The number of aromatic nitrogens is 3. The van der Waals surface area contributed by atoms with Crippen LogP contribution in [-0.4, -0.2) is 34.1 Å². The number of ether oxygens (including phenoxy) is 2. The molecule has 0 saturated heterocycles. The highest BCUT2D eigenvalue weighted by Crippen LogP contribution is 2.44. The number of methoxy groups -OCH3 is 2. The van der Waals surface area contributed by atoms with Crippen molar-refractivity contribution in [3.05, 3.63) is 77.3 Å². The normalized spacial score (nSPS) is 11.1. The number of nitrogens with one attached hydrogen (secondary N) is 1. The third-order valence-electron chi connectivity index (χ3n) is 5.45. The van der Waals surface area contributed by atoms with Crippen molar-refractivity contribution in [2.45, 2.75) is 0 Å². The number of nitrogens with zero attached hydrogens (tertiary/aromatic N) is 2. The van der Waals surface area contributed by atoms with Crippen molar-refractivity contribution >= 4 is 26.8 Å². The Morgan fingerprint density at radius 2 is 1.59 bits per heavy atom. The Balaban J connectivity index is 1.84. The van der Waals surface area contributed by atoms with Crippen molar-refractivity contribution < 1.29 is 14.6 Å². The van der Waals surface area contributed by atoms with E-state index in [1.54, 1.807) is 14.2 Å². The van der Waals surface area contributed by atoms with Gasteiger partial charge in [-0.15, -0.1) is 0 Å². The van der Waals surface area contributed by atoms with Crippen LogP contribution in [-0.2, 0) is 0 Å². The van der Waals surface area contributed by atoms with Gasteiger partial charge in [0.2, 0.25) is 5.88 Å². The molecule has 0 radical (unpaired) electrons. The van der Waals surface area contributed by atoms with E-state index in [1.807, 2.05) is 77.4 Å². The van der Waals surface area contributed by atoms with Gasteiger partial charge < -0.3 is 14.6 Å². The number of aromatic amines is 1. The molecule has 0 amide bonds. The molecule has 2 N–H and O–H groups in total. The summed E-state index contributed by atoms with van der Waals surface area (Å²) in [7, 11) is 3.28. The van der Waals surface area contributed by atoms with Crippen molar-refractivity contribution in [2.24, 2.45) is 0 Å². The van der Waals surface area contributed by atoms with E-state index in [9.17, 15) is 5.11 Å². The summed E-state index contributed by atoms with van der Waals surface area (Å²) in [5, 5.41) is 19.6. The molecule has 32 heavy (non-hydrogen) atoms. The summed E-state index contributed by atoms with van der Waals surface area (Å²) < 4.78 is 13.5. The van der Waals surface area contributed by atoms with Crippen molar-refractivity contribution in [1.82, 2.24) is 14.8 Å². The molecule has 2 aromatic heterocycles. The zero-order chi connectivity index (χ0) is 22.2. The van der Waals surface area contributed by atoms with E-state index in [4.69, 9.17) is 9.47 Å². The lowest BCUT2D eigenvalue weighted by Gasteiger charge is -2.13. The fourth-order valence-corrected chi connectivity index (χ4v) is 4.17. The Labute approximate surface area is 193 Å². The zero-order valence-corrected chi connectivity index (χ0v) is 19.1. The average Bonchev–Trinajstić information content (AvgIpc) is 3.39. The van der Waals surface area contributed by atoms with Gasteiger partial charge in [0.1, 0.15) is 22.7 Å². The first-order valence-electron chi connectivity index (χ1n) is 9.97. The van der Waals surface area contributed by atoms with Crippen molar-refractivity contribution in [2.75, 3.05) is 14.2 Å². The topological polar surface area (TPSA) is 72.3 Å². The van der Waals surface area contributed by atoms with Crippen LogP contribution in [0.25, 0.3) is 39.1 Å². The molecule has 0 saturated carbocycles. The maximum absolute atomic E-state index is 11.3. The molecule has 5 rings (SSSR count). The van der Waals surface area contributed by atoms with Gasteiger partial charge in [-0.05, 0) is 60.7 Å². The molecule has 0 bridgehead atoms. The second-order valence-corrected chi connectivity index (χ2v) is 8.18. The highest BCUT2D eigenvalue weighted by atomic mass is 79.9. The van der Waals surface area contributed by atoms with Crippen molar-refractivity contribution in [3.63, 3.8) is 0 Å². The summed E-state index contributed by atoms with van der Waals surface area (Å²) in [6, 6.07) is 23.3. The lowest BCUT2D eigenvalue weighted by Crippen LogP contribution is -1.98. The predicted molar refractivity (Wildman–Crippen MR) is 129 cm³/mol. The van der Waals surface area contributed by atoms with Gasteiger partial charge in [0.15, 0.2) is 0 Å². The van der Waals surface area contributed by atoms with Crippen LogP contribution in [0.3, 0.4) is 0 Å². The summed E-state index contributed by atoms with van der Waals surface area (Å²) in [6.07, 6.45) is 0. The predicted octanol–water partition coefficient (Wildman–Crippen LogP) is 6.17. The van der Waals surface area contributed by atoms with Gasteiger partial charge in [-0.2, -0.15) is 5.10 Å². The van der Waals surface area contributed by atoms with E-state index in [-0.39, 0.29) is 5.88 Å². The summed E-state index contributed by atoms with van der Waals surface area (Å²) in [5.74, 6) is 1.59. The van der Waals surface area contributed by atoms with Crippen LogP contribution >= 0.6 is 15.9 Å². The van der Waals surface area contributed by atoms with E-state index < -0.39 is 0 Å². The molecule has 0 unspecified atom stereocenters. The minimum atomic E-state index is 0.0902. The van der Waals surface area contributed by atoms with Gasteiger partial charge in [-0.1, -0.05) is 28.1 Å². The SMILES string of the molecule is COc1ccc(-c2n[nH]c3c(O)n(-c4ccc(Br)cc4)c(-c4cccc(OC)c4)c23)cc1. The van der Waals surface area contributed by atoms with Crippen LogP contribution in [0.4, 0.5) is 0 Å². The smallest absolute Gasteiger partial charge is 0.222 e. The molecule has 0 spiro atoms. The van der Waals surface area contributed by atoms with Crippen molar-refractivity contribution in [3.8, 4) is 45.6 Å². The summed E-state index contributed by atoms with van der Waals surface area (Å²) in [4.78, 5) is 0. The maximum atomic E-state index is 11.3. The van der Waals surface area contributed by atoms with E-state index in [0.717, 1.165) is 49.6 Å². The molecule has 3 aromatic carbocycles. The average molecular weight is 490 g/mol. The minimum Gasteiger partial charge on any atom is -0.497 e. The first kappa shape index (κ1) is 20.2. The monoisotopic (exact) mass is 489 g/mol. The highest BCUT2D eigenvalue weighted by Gasteiger charge is 2.25. The molecule has 2 heterocycles. The second-order valence-electron chi connectivity index (χ2n) is 7.27. The Morgan fingerprint density at radius 1 is 0.875 bits per heavy atom. The number of hydrogen-bond donors (Lipinski definition) is 2. The standard InChI is InChI=1S/C25H20BrN3O3/c1-31-19-12-6-15(7-13-19)22-21-23(28-27-22)25(30)29(18-10-8-17(26)9-11-18)24(21)16-4-3-5-20(14-16)32-2/h3-14,28,30H,1-2H3. The van der Waals surface area contributed by atoms with Crippen LogP contribution in [0.1, 0.15) is 0 Å². The zero-order valence-electron chi connectivity index (χ0n) is 17.5. The molecular formula is C25H20BrN3O3.